The second-order valence-electron chi connectivity index (χ2n) is 6.34. The van der Waals surface area contributed by atoms with Crippen LogP contribution in [0.1, 0.15) is 33.3 Å². The Morgan fingerprint density at radius 1 is 1.29 bits per heavy atom. The maximum atomic E-state index is 12.2. The Bertz CT molecular complexity index is 1000. The third-order valence-corrected chi connectivity index (χ3v) is 4.23. The minimum Gasteiger partial charge on any atom is -0.486 e. The number of amides is 1. The molecule has 2 aromatic heterocycles. The van der Waals surface area contributed by atoms with E-state index in [-0.39, 0.29) is 24.0 Å². The number of ether oxygens (including phenoxy) is 1. The van der Waals surface area contributed by atoms with E-state index in [1.165, 1.54) is 12.1 Å². The van der Waals surface area contributed by atoms with Crippen LogP contribution in [0.3, 0.4) is 0 Å². The van der Waals surface area contributed by atoms with E-state index in [0.717, 1.165) is 11.4 Å². The molecule has 9 nitrogen and oxygen atoms in total. The smallest absolute Gasteiger partial charge is 0.287 e. The summed E-state index contributed by atoms with van der Waals surface area (Å²) in [5.41, 5.74) is 2.30. The number of nitrogens with zero attached hydrogens (tertiary/aromatic N) is 3. The van der Waals surface area contributed by atoms with Gasteiger partial charge in [0.15, 0.2) is 5.76 Å². The number of aryl methyl sites for hydroxylation is 3. The van der Waals surface area contributed by atoms with Crippen LogP contribution in [0.4, 0.5) is 5.69 Å². The van der Waals surface area contributed by atoms with Crippen molar-refractivity contribution in [2.75, 3.05) is 0 Å². The number of hydrogen-bond acceptors (Lipinski definition) is 6. The monoisotopic (exact) mass is 384 g/mol. The number of nitro benzene ring substituents is 1. The second-order valence-corrected chi connectivity index (χ2v) is 6.34. The number of benzene rings is 1. The van der Waals surface area contributed by atoms with Gasteiger partial charge in [-0.2, -0.15) is 5.10 Å². The lowest BCUT2D eigenvalue weighted by Gasteiger charge is -2.05. The van der Waals surface area contributed by atoms with Gasteiger partial charge in [-0.15, -0.1) is 0 Å². The van der Waals surface area contributed by atoms with E-state index >= 15 is 0 Å². The van der Waals surface area contributed by atoms with Crippen molar-refractivity contribution in [3.8, 4) is 5.75 Å². The van der Waals surface area contributed by atoms with Crippen LogP contribution in [0.15, 0.2) is 40.8 Å². The lowest BCUT2D eigenvalue weighted by molar-refractivity contribution is -0.385. The van der Waals surface area contributed by atoms with Gasteiger partial charge >= 0.3 is 0 Å². The van der Waals surface area contributed by atoms with E-state index in [0.29, 0.717) is 23.6 Å². The molecule has 0 spiro atoms. The first-order valence-corrected chi connectivity index (χ1v) is 8.58. The molecule has 2 heterocycles. The highest BCUT2D eigenvalue weighted by Gasteiger charge is 2.14. The average molecular weight is 384 g/mol. The summed E-state index contributed by atoms with van der Waals surface area (Å²) in [5, 5.41) is 17.9. The first-order valence-electron chi connectivity index (χ1n) is 8.58. The minimum atomic E-state index is -0.442. The van der Waals surface area contributed by atoms with Gasteiger partial charge in [0, 0.05) is 24.4 Å². The molecule has 0 atom stereocenters. The summed E-state index contributed by atoms with van der Waals surface area (Å²) in [7, 11) is 1.84. The van der Waals surface area contributed by atoms with E-state index in [1.54, 1.807) is 29.8 Å². The summed E-state index contributed by atoms with van der Waals surface area (Å²) < 4.78 is 12.8. The van der Waals surface area contributed by atoms with Gasteiger partial charge in [-0.25, -0.2) is 0 Å². The number of carbonyl (C=O) groups excluding carboxylic acids is 1. The quantitative estimate of drug-likeness (QED) is 0.495. The lowest BCUT2D eigenvalue weighted by atomic mass is 10.2. The summed E-state index contributed by atoms with van der Waals surface area (Å²) in [5.74, 6) is 0.776. The molecule has 1 aromatic carbocycles. The molecule has 3 aromatic rings. The Kier molecular flexibility index (Phi) is 5.44. The van der Waals surface area contributed by atoms with Gasteiger partial charge in [-0.05, 0) is 44.2 Å². The van der Waals surface area contributed by atoms with Crippen molar-refractivity contribution >= 4 is 11.6 Å². The topological polar surface area (TPSA) is 112 Å². The van der Waals surface area contributed by atoms with Gasteiger partial charge in [0.2, 0.25) is 0 Å². The highest BCUT2D eigenvalue weighted by molar-refractivity contribution is 5.91. The fourth-order valence-electron chi connectivity index (χ4n) is 2.63. The van der Waals surface area contributed by atoms with Gasteiger partial charge in [0.25, 0.3) is 11.6 Å². The summed E-state index contributed by atoms with van der Waals surface area (Å²) in [4.78, 5) is 22.6. The van der Waals surface area contributed by atoms with Crippen LogP contribution in [0.25, 0.3) is 0 Å². The summed E-state index contributed by atoms with van der Waals surface area (Å²) in [6, 6.07) is 9.62. The molecule has 3 rings (SSSR count). The Morgan fingerprint density at radius 3 is 2.71 bits per heavy atom. The van der Waals surface area contributed by atoms with Gasteiger partial charge in [0.05, 0.1) is 17.2 Å². The zero-order valence-corrected chi connectivity index (χ0v) is 15.8. The highest BCUT2D eigenvalue weighted by Crippen LogP contribution is 2.24. The summed E-state index contributed by atoms with van der Waals surface area (Å²) in [6.07, 6.45) is 0. The molecule has 146 valence electrons. The molecule has 28 heavy (non-hydrogen) atoms. The minimum absolute atomic E-state index is 0.0346. The fraction of sp³-hybridized carbons (Fsp3) is 0.263. The average Bonchev–Trinajstić information content (AvgIpc) is 3.24. The number of hydrogen-bond donors (Lipinski definition) is 1. The molecule has 1 amide bonds. The maximum absolute atomic E-state index is 12.2. The molecular formula is C19H20N4O5. The largest absolute Gasteiger partial charge is 0.486 e. The van der Waals surface area contributed by atoms with Gasteiger partial charge in [-0.3, -0.25) is 19.6 Å². The van der Waals surface area contributed by atoms with Crippen molar-refractivity contribution < 1.29 is 18.9 Å². The van der Waals surface area contributed by atoms with Crippen LogP contribution in [0.5, 0.6) is 5.75 Å². The molecule has 0 bridgehead atoms. The van der Waals surface area contributed by atoms with Crippen molar-refractivity contribution in [1.29, 1.82) is 0 Å². The molecule has 0 saturated carbocycles. The van der Waals surface area contributed by atoms with Crippen LogP contribution in [0, 0.1) is 24.0 Å². The fourth-order valence-corrected chi connectivity index (χ4v) is 2.63. The van der Waals surface area contributed by atoms with Crippen LogP contribution < -0.4 is 10.1 Å². The maximum Gasteiger partial charge on any atom is 0.287 e. The van der Waals surface area contributed by atoms with Crippen LogP contribution in [-0.2, 0) is 20.2 Å². The highest BCUT2D eigenvalue weighted by atomic mass is 16.6. The predicted octanol–water partition coefficient (Wildman–Crippen LogP) is 3.05. The Balaban J connectivity index is 1.55. The predicted molar refractivity (Wildman–Crippen MR) is 100.0 cm³/mol. The lowest BCUT2D eigenvalue weighted by Crippen LogP contribution is -2.22. The zero-order chi connectivity index (χ0) is 20.3. The van der Waals surface area contributed by atoms with E-state index in [2.05, 4.69) is 10.4 Å². The van der Waals surface area contributed by atoms with E-state index in [4.69, 9.17) is 9.15 Å². The standard InChI is InChI=1S/C19H20N4O5/c1-12-8-15(4-6-17(12)23(25)26)27-11-16-5-7-18(28-16)19(24)20-10-14-9-13(2)22(3)21-14/h4-9H,10-11H2,1-3H3,(H,20,24). The normalized spacial score (nSPS) is 10.7. The van der Waals surface area contributed by atoms with E-state index < -0.39 is 4.92 Å². The number of aromatic nitrogens is 2. The van der Waals surface area contributed by atoms with Crippen molar-refractivity contribution in [2.45, 2.75) is 27.0 Å². The zero-order valence-electron chi connectivity index (χ0n) is 15.8. The van der Waals surface area contributed by atoms with Crippen LogP contribution in [0.2, 0.25) is 0 Å². The third kappa shape index (κ3) is 4.37. The van der Waals surface area contributed by atoms with Crippen molar-refractivity contribution in [3.05, 3.63) is 75.0 Å². The molecule has 0 radical (unpaired) electrons. The molecule has 0 aliphatic carbocycles. The van der Waals surface area contributed by atoms with Crippen LogP contribution in [-0.4, -0.2) is 20.6 Å². The molecule has 0 aliphatic rings. The summed E-state index contributed by atoms with van der Waals surface area (Å²) in [6.45, 7) is 3.98. The number of carbonyl (C=O) groups is 1. The Labute approximate surface area is 161 Å². The first-order chi connectivity index (χ1) is 13.3. The van der Waals surface area contributed by atoms with Crippen molar-refractivity contribution in [2.24, 2.45) is 7.05 Å². The Morgan fingerprint density at radius 2 is 2.07 bits per heavy atom. The van der Waals surface area contributed by atoms with Gasteiger partial charge in [-0.1, -0.05) is 0 Å². The van der Waals surface area contributed by atoms with Crippen molar-refractivity contribution in [1.82, 2.24) is 15.1 Å². The van der Waals surface area contributed by atoms with Gasteiger partial charge in [0.1, 0.15) is 18.1 Å². The van der Waals surface area contributed by atoms with Gasteiger partial charge < -0.3 is 14.5 Å². The number of nitrogens with one attached hydrogen (secondary N) is 1. The number of rotatable bonds is 7. The molecule has 0 aliphatic heterocycles. The van der Waals surface area contributed by atoms with E-state index in [9.17, 15) is 14.9 Å². The molecule has 0 fully saturated rings. The molecule has 0 saturated heterocycles. The molecule has 0 unspecified atom stereocenters. The first kappa shape index (κ1) is 19.2. The van der Waals surface area contributed by atoms with Crippen LogP contribution >= 0.6 is 0 Å². The summed E-state index contributed by atoms with van der Waals surface area (Å²) >= 11 is 0. The second kappa shape index (κ2) is 7.95. The molecule has 1 N–H and O–H groups in total. The van der Waals surface area contributed by atoms with E-state index in [1.807, 2.05) is 20.0 Å². The number of furan rings is 1. The number of nitro groups is 1. The van der Waals surface area contributed by atoms with Crippen molar-refractivity contribution in [3.63, 3.8) is 0 Å². The Hall–Kier alpha value is -3.62. The third-order valence-electron chi connectivity index (χ3n) is 4.23. The molecular weight excluding hydrogens is 364 g/mol. The molecule has 9 heteroatoms. The SMILES string of the molecule is Cc1cc(OCc2ccc(C(=O)NCc3cc(C)n(C)n3)o2)ccc1[N+](=O)[O-].